The smallest absolute Gasteiger partial charge is 0.261 e. The molecule has 0 radical (unpaired) electrons. The SMILES string of the molecule is COCN(C(=O)c1ccccc1I)c1ccccc1. The minimum absolute atomic E-state index is 0.0574. The van der Waals surface area contributed by atoms with Crippen molar-refractivity contribution in [2.24, 2.45) is 0 Å². The van der Waals surface area contributed by atoms with Crippen LogP contribution in [-0.2, 0) is 4.74 Å². The third-order valence-electron chi connectivity index (χ3n) is 2.68. The van der Waals surface area contributed by atoms with Gasteiger partial charge in [0.2, 0.25) is 0 Å². The second-order valence-corrected chi connectivity index (χ2v) is 5.13. The number of hydrogen-bond acceptors (Lipinski definition) is 2. The first-order valence-corrected chi connectivity index (χ1v) is 6.92. The number of para-hydroxylation sites is 1. The summed E-state index contributed by atoms with van der Waals surface area (Å²) < 4.78 is 6.08. The number of carbonyl (C=O) groups is 1. The Morgan fingerprint density at radius 2 is 1.74 bits per heavy atom. The van der Waals surface area contributed by atoms with Gasteiger partial charge in [0.25, 0.3) is 5.91 Å². The maximum absolute atomic E-state index is 12.6. The molecule has 0 spiro atoms. The third kappa shape index (κ3) is 3.33. The maximum Gasteiger partial charge on any atom is 0.261 e. The lowest BCUT2D eigenvalue weighted by atomic mass is 10.2. The van der Waals surface area contributed by atoms with Gasteiger partial charge in [0, 0.05) is 16.4 Å². The normalized spacial score (nSPS) is 10.2. The molecule has 2 rings (SSSR count). The van der Waals surface area contributed by atoms with Crippen molar-refractivity contribution in [3.8, 4) is 0 Å². The molecule has 0 aromatic heterocycles. The van der Waals surface area contributed by atoms with Gasteiger partial charge in [-0.1, -0.05) is 30.3 Å². The van der Waals surface area contributed by atoms with E-state index in [2.05, 4.69) is 22.6 Å². The number of methoxy groups -OCH3 is 1. The van der Waals surface area contributed by atoms with Crippen molar-refractivity contribution in [2.45, 2.75) is 0 Å². The first-order chi connectivity index (χ1) is 9.24. The Balaban J connectivity index is 2.35. The molecule has 0 saturated carbocycles. The van der Waals surface area contributed by atoms with Gasteiger partial charge in [-0.25, -0.2) is 0 Å². The number of halogens is 1. The van der Waals surface area contributed by atoms with E-state index in [0.717, 1.165) is 9.26 Å². The van der Waals surface area contributed by atoms with Gasteiger partial charge >= 0.3 is 0 Å². The summed E-state index contributed by atoms with van der Waals surface area (Å²) in [6, 6.07) is 17.1. The van der Waals surface area contributed by atoms with Gasteiger partial charge in [-0.2, -0.15) is 0 Å². The summed E-state index contributed by atoms with van der Waals surface area (Å²) in [5, 5.41) is 0. The van der Waals surface area contributed by atoms with Crippen molar-refractivity contribution >= 4 is 34.2 Å². The third-order valence-corrected chi connectivity index (χ3v) is 3.62. The van der Waals surface area contributed by atoms with Crippen LogP contribution in [0, 0.1) is 3.57 Å². The monoisotopic (exact) mass is 367 g/mol. The second-order valence-electron chi connectivity index (χ2n) is 3.97. The minimum atomic E-state index is -0.0574. The standard InChI is InChI=1S/C15H14INO2/c1-19-11-17(12-7-3-2-4-8-12)15(18)13-9-5-6-10-14(13)16/h2-10H,11H2,1H3. The highest BCUT2D eigenvalue weighted by atomic mass is 127. The highest BCUT2D eigenvalue weighted by Crippen LogP contribution is 2.19. The average molecular weight is 367 g/mol. The molecule has 1 amide bonds. The van der Waals surface area contributed by atoms with Crippen LogP contribution in [0.25, 0.3) is 0 Å². The molecule has 3 nitrogen and oxygen atoms in total. The lowest BCUT2D eigenvalue weighted by Gasteiger charge is -2.22. The Hall–Kier alpha value is -1.40. The van der Waals surface area contributed by atoms with Crippen molar-refractivity contribution in [1.29, 1.82) is 0 Å². The van der Waals surface area contributed by atoms with E-state index in [0.29, 0.717) is 5.56 Å². The molecule has 2 aromatic rings. The zero-order valence-electron chi connectivity index (χ0n) is 10.5. The van der Waals surface area contributed by atoms with E-state index in [9.17, 15) is 4.79 Å². The summed E-state index contributed by atoms with van der Waals surface area (Å²) in [4.78, 5) is 14.2. The number of rotatable bonds is 4. The summed E-state index contributed by atoms with van der Waals surface area (Å²) in [6.07, 6.45) is 0. The van der Waals surface area contributed by atoms with Crippen LogP contribution in [0.5, 0.6) is 0 Å². The summed E-state index contributed by atoms with van der Waals surface area (Å²) in [5.41, 5.74) is 1.51. The Bertz CT molecular complexity index is 557. The fraction of sp³-hybridized carbons (Fsp3) is 0.133. The van der Waals surface area contributed by atoms with Gasteiger partial charge < -0.3 is 4.74 Å². The molecule has 0 fully saturated rings. The van der Waals surface area contributed by atoms with Crippen LogP contribution < -0.4 is 4.90 Å². The van der Waals surface area contributed by atoms with E-state index in [1.54, 1.807) is 12.0 Å². The summed E-state index contributed by atoms with van der Waals surface area (Å²) in [7, 11) is 1.58. The fourth-order valence-corrected chi connectivity index (χ4v) is 2.39. The first-order valence-electron chi connectivity index (χ1n) is 5.84. The van der Waals surface area contributed by atoms with Crippen molar-refractivity contribution in [3.63, 3.8) is 0 Å². The van der Waals surface area contributed by atoms with Gasteiger partial charge in [-0.05, 0) is 46.9 Å². The molecule has 0 atom stereocenters. The second kappa shape index (κ2) is 6.68. The van der Waals surface area contributed by atoms with Crippen molar-refractivity contribution in [2.75, 3.05) is 18.7 Å². The molecule has 0 aliphatic heterocycles. The molecule has 0 N–H and O–H groups in total. The van der Waals surface area contributed by atoms with Crippen LogP contribution in [-0.4, -0.2) is 19.7 Å². The van der Waals surface area contributed by atoms with Gasteiger partial charge in [0.15, 0.2) is 0 Å². The zero-order valence-corrected chi connectivity index (χ0v) is 12.7. The lowest BCUT2D eigenvalue weighted by Crippen LogP contribution is -2.33. The average Bonchev–Trinajstić information content (AvgIpc) is 2.45. The van der Waals surface area contributed by atoms with Crippen LogP contribution in [0.4, 0.5) is 5.69 Å². The predicted molar refractivity (Wildman–Crippen MR) is 84.3 cm³/mol. The van der Waals surface area contributed by atoms with Gasteiger partial charge in [0.05, 0.1) is 5.56 Å². The molecule has 19 heavy (non-hydrogen) atoms. The molecule has 0 saturated heterocycles. The van der Waals surface area contributed by atoms with Gasteiger partial charge in [-0.15, -0.1) is 0 Å². The van der Waals surface area contributed by atoms with Crippen molar-refractivity contribution in [1.82, 2.24) is 0 Å². The first kappa shape index (κ1) is 14.0. The maximum atomic E-state index is 12.6. The van der Waals surface area contributed by atoms with Crippen molar-refractivity contribution in [3.05, 3.63) is 63.7 Å². The summed E-state index contributed by atoms with van der Waals surface area (Å²) in [6.45, 7) is 0.230. The molecule has 2 aromatic carbocycles. The van der Waals surface area contributed by atoms with Gasteiger partial charge in [0.1, 0.15) is 6.73 Å². The Kier molecular flexibility index (Phi) is 4.93. The largest absolute Gasteiger partial charge is 0.364 e. The molecular weight excluding hydrogens is 353 g/mol. The fourth-order valence-electron chi connectivity index (χ4n) is 1.77. The molecule has 0 aliphatic carbocycles. The summed E-state index contributed by atoms with van der Waals surface area (Å²) >= 11 is 2.17. The van der Waals surface area contributed by atoms with E-state index in [-0.39, 0.29) is 12.6 Å². The Labute approximate surface area is 126 Å². The number of nitrogens with zero attached hydrogens (tertiary/aromatic N) is 1. The van der Waals surface area contributed by atoms with Crippen LogP contribution in [0.2, 0.25) is 0 Å². The highest BCUT2D eigenvalue weighted by molar-refractivity contribution is 14.1. The van der Waals surface area contributed by atoms with Crippen molar-refractivity contribution < 1.29 is 9.53 Å². The van der Waals surface area contributed by atoms with E-state index < -0.39 is 0 Å². The molecule has 0 unspecified atom stereocenters. The lowest BCUT2D eigenvalue weighted by molar-refractivity contribution is 0.0935. The van der Waals surface area contributed by atoms with E-state index in [1.165, 1.54) is 0 Å². The van der Waals surface area contributed by atoms with Crippen LogP contribution in [0.15, 0.2) is 54.6 Å². The van der Waals surface area contributed by atoms with Gasteiger partial charge in [-0.3, -0.25) is 9.69 Å². The number of amides is 1. The number of ether oxygens (including phenoxy) is 1. The Morgan fingerprint density at radius 3 is 2.37 bits per heavy atom. The van der Waals surface area contributed by atoms with E-state index in [4.69, 9.17) is 4.74 Å². The molecule has 98 valence electrons. The minimum Gasteiger partial charge on any atom is -0.364 e. The quantitative estimate of drug-likeness (QED) is 0.611. The van der Waals surface area contributed by atoms with E-state index in [1.807, 2.05) is 54.6 Å². The number of anilines is 1. The number of benzene rings is 2. The van der Waals surface area contributed by atoms with Crippen LogP contribution >= 0.6 is 22.6 Å². The molecule has 0 heterocycles. The predicted octanol–water partition coefficient (Wildman–Crippen LogP) is 3.54. The number of hydrogen-bond donors (Lipinski definition) is 0. The number of carbonyl (C=O) groups excluding carboxylic acids is 1. The van der Waals surface area contributed by atoms with E-state index >= 15 is 0 Å². The van der Waals surface area contributed by atoms with Crippen LogP contribution in [0.3, 0.4) is 0 Å². The molecule has 0 aliphatic rings. The van der Waals surface area contributed by atoms with Crippen LogP contribution in [0.1, 0.15) is 10.4 Å². The zero-order chi connectivity index (χ0) is 13.7. The summed E-state index contributed by atoms with van der Waals surface area (Å²) in [5.74, 6) is -0.0574. The molecular formula is C15H14INO2. The Morgan fingerprint density at radius 1 is 1.11 bits per heavy atom. The highest BCUT2D eigenvalue weighted by Gasteiger charge is 2.19. The molecule has 0 bridgehead atoms. The molecule has 4 heteroatoms. The topological polar surface area (TPSA) is 29.5 Å².